The number of amides is 1. The van der Waals surface area contributed by atoms with Crippen molar-refractivity contribution in [2.45, 2.75) is 38.5 Å². The highest BCUT2D eigenvalue weighted by atomic mass is 16.1. The van der Waals surface area contributed by atoms with Gasteiger partial charge in [-0.1, -0.05) is 103 Å². The first-order valence-corrected chi connectivity index (χ1v) is 13.1. The van der Waals surface area contributed by atoms with Crippen LogP contribution in [-0.2, 0) is 4.79 Å². The van der Waals surface area contributed by atoms with Gasteiger partial charge >= 0.3 is 0 Å². The third-order valence-electron chi connectivity index (χ3n) is 7.35. The minimum atomic E-state index is -0.0178. The number of para-hydroxylation sites is 1. The second kappa shape index (κ2) is 11.3. The van der Waals surface area contributed by atoms with Crippen LogP contribution in [0.3, 0.4) is 0 Å². The van der Waals surface area contributed by atoms with E-state index in [1.54, 1.807) is 0 Å². The van der Waals surface area contributed by atoms with Crippen molar-refractivity contribution >= 4 is 16.8 Å². The summed E-state index contributed by atoms with van der Waals surface area (Å²) >= 11 is 0. The van der Waals surface area contributed by atoms with Gasteiger partial charge in [-0.15, -0.1) is 0 Å². The molecule has 5 aromatic rings. The van der Waals surface area contributed by atoms with Gasteiger partial charge in [-0.3, -0.25) is 4.79 Å². The number of aromatic nitrogens is 1. The molecule has 37 heavy (non-hydrogen) atoms. The van der Waals surface area contributed by atoms with Gasteiger partial charge in [0, 0.05) is 41.9 Å². The van der Waals surface area contributed by atoms with Gasteiger partial charge in [0.15, 0.2) is 0 Å². The average Bonchev–Trinajstić information content (AvgIpc) is 3.35. The average molecular weight is 487 g/mol. The van der Waals surface area contributed by atoms with Gasteiger partial charge in [0.25, 0.3) is 0 Å². The van der Waals surface area contributed by atoms with Crippen LogP contribution in [0.15, 0.2) is 109 Å². The highest BCUT2D eigenvalue weighted by molar-refractivity contribution is 5.86. The maximum absolute atomic E-state index is 13.4. The summed E-state index contributed by atoms with van der Waals surface area (Å²) in [5, 5.41) is 4.42. The Bertz CT molecular complexity index is 1430. The first-order chi connectivity index (χ1) is 18.1. The van der Waals surface area contributed by atoms with E-state index < -0.39 is 0 Å². The molecule has 4 aromatic carbocycles. The number of aryl methyl sites for hydroxylation is 2. The van der Waals surface area contributed by atoms with E-state index in [9.17, 15) is 4.79 Å². The lowest BCUT2D eigenvalue weighted by atomic mass is 9.85. The lowest BCUT2D eigenvalue weighted by molar-refractivity contribution is -0.121. The fraction of sp³-hybridized carbons (Fsp3) is 0.206. The molecule has 1 amide bonds. The Morgan fingerprint density at radius 3 is 2.08 bits per heavy atom. The van der Waals surface area contributed by atoms with E-state index >= 15 is 0 Å². The molecule has 0 aliphatic carbocycles. The number of benzene rings is 4. The number of carbonyl (C=O) groups excluding carboxylic acids is 1. The monoisotopic (exact) mass is 486 g/mol. The van der Waals surface area contributed by atoms with E-state index in [1.165, 1.54) is 38.8 Å². The van der Waals surface area contributed by atoms with E-state index in [0.29, 0.717) is 13.0 Å². The SMILES string of the molecule is Cc1ccc(C(CC(=O)NCCC(c2ccccc2)c2ccccc2)c2c[nH]c3ccccc23)c(C)c1. The lowest BCUT2D eigenvalue weighted by Gasteiger charge is -2.21. The zero-order chi connectivity index (χ0) is 25.6. The molecule has 2 N–H and O–H groups in total. The number of fused-ring (bicyclic) bond motifs is 1. The molecular formula is C34H34N2O. The van der Waals surface area contributed by atoms with E-state index in [4.69, 9.17) is 0 Å². The Balaban J connectivity index is 1.35. The molecule has 0 fully saturated rings. The fourth-order valence-electron chi connectivity index (χ4n) is 5.50. The van der Waals surface area contributed by atoms with E-state index in [0.717, 1.165) is 11.9 Å². The third kappa shape index (κ3) is 5.67. The summed E-state index contributed by atoms with van der Waals surface area (Å²) in [6.07, 6.45) is 3.33. The quantitative estimate of drug-likeness (QED) is 0.221. The van der Waals surface area contributed by atoms with Gasteiger partial charge in [0.2, 0.25) is 5.91 Å². The maximum Gasteiger partial charge on any atom is 0.220 e. The molecule has 5 rings (SSSR count). The molecule has 0 spiro atoms. The Kier molecular flexibility index (Phi) is 7.51. The number of aromatic amines is 1. The molecule has 0 saturated carbocycles. The van der Waals surface area contributed by atoms with Gasteiger partial charge in [0.1, 0.15) is 0 Å². The Labute approximate surface area is 219 Å². The third-order valence-corrected chi connectivity index (χ3v) is 7.35. The number of rotatable bonds is 9. The topological polar surface area (TPSA) is 44.9 Å². The Morgan fingerprint density at radius 1 is 0.757 bits per heavy atom. The van der Waals surface area contributed by atoms with Crippen molar-refractivity contribution in [1.29, 1.82) is 0 Å². The standard InChI is InChI=1S/C34H34N2O/c1-24-17-18-28(25(2)21-24)31(32-23-36-33-16-10-9-15-30(32)33)22-34(37)35-20-19-29(26-11-5-3-6-12-26)27-13-7-4-8-14-27/h3-18,21,23,29,31,36H,19-20,22H2,1-2H3,(H,35,37). The number of hydrogen-bond donors (Lipinski definition) is 2. The maximum atomic E-state index is 13.4. The smallest absolute Gasteiger partial charge is 0.220 e. The Hall–Kier alpha value is -4.11. The largest absolute Gasteiger partial charge is 0.361 e. The van der Waals surface area contributed by atoms with Gasteiger partial charge in [-0.2, -0.15) is 0 Å². The van der Waals surface area contributed by atoms with Crippen LogP contribution >= 0.6 is 0 Å². The molecule has 1 unspecified atom stereocenters. The van der Waals surface area contributed by atoms with Gasteiger partial charge in [-0.05, 0) is 54.2 Å². The first kappa shape index (κ1) is 24.6. The number of H-pyrrole nitrogens is 1. The van der Waals surface area contributed by atoms with Gasteiger partial charge in [-0.25, -0.2) is 0 Å². The van der Waals surface area contributed by atoms with E-state index in [-0.39, 0.29) is 17.7 Å². The highest BCUT2D eigenvalue weighted by Crippen LogP contribution is 2.35. The van der Waals surface area contributed by atoms with Gasteiger partial charge < -0.3 is 10.3 Å². The molecule has 0 radical (unpaired) electrons. The minimum absolute atomic E-state index is 0.0178. The van der Waals surface area contributed by atoms with E-state index in [2.05, 4.69) is 115 Å². The van der Waals surface area contributed by atoms with Crippen molar-refractivity contribution in [2.75, 3.05) is 6.54 Å². The highest BCUT2D eigenvalue weighted by Gasteiger charge is 2.23. The molecule has 1 aromatic heterocycles. The predicted octanol–water partition coefficient (Wildman–Crippen LogP) is 7.65. The van der Waals surface area contributed by atoms with Crippen molar-refractivity contribution in [1.82, 2.24) is 10.3 Å². The van der Waals surface area contributed by atoms with Crippen molar-refractivity contribution in [3.63, 3.8) is 0 Å². The van der Waals surface area contributed by atoms with Crippen LogP contribution < -0.4 is 5.32 Å². The summed E-state index contributed by atoms with van der Waals surface area (Å²) in [6, 6.07) is 36.0. The summed E-state index contributed by atoms with van der Waals surface area (Å²) in [7, 11) is 0. The van der Waals surface area contributed by atoms with Crippen LogP contribution in [0.4, 0.5) is 0 Å². The molecule has 1 atom stereocenters. The molecule has 3 nitrogen and oxygen atoms in total. The van der Waals surface area contributed by atoms with Crippen LogP contribution in [0.25, 0.3) is 10.9 Å². The number of carbonyl (C=O) groups is 1. The molecule has 0 bridgehead atoms. The second-order valence-corrected chi connectivity index (χ2v) is 9.92. The van der Waals surface area contributed by atoms with Crippen LogP contribution in [-0.4, -0.2) is 17.4 Å². The second-order valence-electron chi connectivity index (χ2n) is 9.92. The lowest BCUT2D eigenvalue weighted by Crippen LogP contribution is -2.27. The number of hydrogen-bond acceptors (Lipinski definition) is 1. The Morgan fingerprint density at radius 2 is 1.41 bits per heavy atom. The summed E-state index contributed by atoms with van der Waals surface area (Å²) in [4.78, 5) is 16.8. The molecule has 0 aliphatic heterocycles. The fourth-order valence-corrected chi connectivity index (χ4v) is 5.50. The van der Waals surface area contributed by atoms with Crippen molar-refractivity contribution in [3.8, 4) is 0 Å². The summed E-state index contributed by atoms with van der Waals surface area (Å²) in [5.41, 5.74) is 8.47. The zero-order valence-corrected chi connectivity index (χ0v) is 21.6. The molecule has 0 saturated heterocycles. The molecule has 186 valence electrons. The number of nitrogens with one attached hydrogen (secondary N) is 2. The van der Waals surface area contributed by atoms with Crippen LogP contribution in [0, 0.1) is 13.8 Å². The molecule has 3 heteroatoms. The predicted molar refractivity (Wildman–Crippen MR) is 153 cm³/mol. The molecule has 1 heterocycles. The van der Waals surface area contributed by atoms with E-state index in [1.807, 2.05) is 18.2 Å². The molecule has 0 aliphatic rings. The van der Waals surface area contributed by atoms with Crippen molar-refractivity contribution in [3.05, 3.63) is 143 Å². The minimum Gasteiger partial charge on any atom is -0.361 e. The summed E-state index contributed by atoms with van der Waals surface area (Å²) in [6.45, 7) is 4.88. The van der Waals surface area contributed by atoms with Gasteiger partial charge in [0.05, 0.1) is 0 Å². The molecular weight excluding hydrogens is 452 g/mol. The van der Waals surface area contributed by atoms with Crippen LogP contribution in [0.5, 0.6) is 0 Å². The zero-order valence-electron chi connectivity index (χ0n) is 21.6. The normalized spacial score (nSPS) is 12.1. The first-order valence-electron chi connectivity index (χ1n) is 13.1. The van der Waals surface area contributed by atoms with Crippen molar-refractivity contribution in [2.24, 2.45) is 0 Å². The summed E-state index contributed by atoms with van der Waals surface area (Å²) in [5.74, 6) is 0.303. The van der Waals surface area contributed by atoms with Crippen molar-refractivity contribution < 1.29 is 4.79 Å². The van der Waals surface area contributed by atoms with Crippen LogP contribution in [0.1, 0.15) is 58.1 Å². The summed E-state index contributed by atoms with van der Waals surface area (Å²) < 4.78 is 0. The van der Waals surface area contributed by atoms with Crippen LogP contribution in [0.2, 0.25) is 0 Å².